The number of carbonyl (C=O) groups is 1. The normalized spacial score (nSPS) is 20.2. The van der Waals surface area contributed by atoms with Crippen molar-refractivity contribution in [3.05, 3.63) is 23.8 Å². The first-order valence-electron chi connectivity index (χ1n) is 7.82. The molecule has 132 valence electrons. The molecule has 0 atom stereocenters. The summed E-state index contributed by atoms with van der Waals surface area (Å²) in [5.74, 6) is -0.473. The van der Waals surface area contributed by atoms with Crippen LogP contribution in [0.5, 0.6) is 11.5 Å². The quantitative estimate of drug-likeness (QED) is 0.855. The molecule has 0 aliphatic carbocycles. The van der Waals surface area contributed by atoms with Crippen LogP contribution in [0.25, 0.3) is 0 Å². The van der Waals surface area contributed by atoms with Gasteiger partial charge in [0.2, 0.25) is 0 Å². The van der Waals surface area contributed by atoms with Gasteiger partial charge in [0.1, 0.15) is 6.61 Å². The van der Waals surface area contributed by atoms with Crippen LogP contribution in [-0.4, -0.2) is 48.6 Å². The van der Waals surface area contributed by atoms with Crippen molar-refractivity contribution in [2.24, 2.45) is 5.92 Å². The van der Waals surface area contributed by atoms with Gasteiger partial charge in [0.25, 0.3) is 0 Å². The number of rotatable bonds is 6. The molecular formula is C16H19F2NO5. The van der Waals surface area contributed by atoms with Crippen molar-refractivity contribution < 1.29 is 32.9 Å². The Morgan fingerprint density at radius 2 is 2.08 bits per heavy atom. The molecule has 2 heterocycles. The molecule has 1 aromatic rings. The number of hydrogen-bond donors (Lipinski definition) is 1. The molecule has 1 saturated heterocycles. The van der Waals surface area contributed by atoms with Gasteiger partial charge in [-0.05, 0) is 37.9 Å². The summed E-state index contributed by atoms with van der Waals surface area (Å²) in [6, 6.07) is 4.89. The highest BCUT2D eigenvalue weighted by Gasteiger charge is 2.44. The van der Waals surface area contributed by atoms with Gasteiger partial charge in [-0.3, -0.25) is 4.90 Å². The third-order valence-corrected chi connectivity index (χ3v) is 4.19. The second-order valence-corrected chi connectivity index (χ2v) is 6.04. The Kier molecular flexibility index (Phi) is 4.86. The molecule has 24 heavy (non-hydrogen) atoms. The molecule has 8 heteroatoms. The number of likely N-dealkylation sites (tertiary alicyclic amines) is 1. The monoisotopic (exact) mass is 343 g/mol. The van der Waals surface area contributed by atoms with Crippen LogP contribution in [0.2, 0.25) is 0 Å². The first-order valence-corrected chi connectivity index (χ1v) is 7.82. The van der Waals surface area contributed by atoms with E-state index in [0.717, 1.165) is 25.9 Å². The van der Waals surface area contributed by atoms with Crippen molar-refractivity contribution >= 4 is 5.97 Å². The first kappa shape index (κ1) is 16.9. The highest BCUT2D eigenvalue weighted by molar-refractivity contribution is 5.67. The van der Waals surface area contributed by atoms with Crippen LogP contribution in [0.4, 0.5) is 8.78 Å². The standard InChI is InChI=1S/C16H19F2NO5/c17-16(18)23-13-3-1-2-12(15(13)24-16)8-19-6-4-11(5-7-19)9-22-10-14(20)21/h1-3,11H,4-10H2,(H,20,21). The lowest BCUT2D eigenvalue weighted by atomic mass is 9.97. The summed E-state index contributed by atoms with van der Waals surface area (Å²) >= 11 is 0. The van der Waals surface area contributed by atoms with Crippen molar-refractivity contribution in [3.63, 3.8) is 0 Å². The van der Waals surface area contributed by atoms with Gasteiger partial charge in [0.15, 0.2) is 11.5 Å². The second kappa shape index (κ2) is 6.90. The summed E-state index contributed by atoms with van der Waals surface area (Å²) in [5, 5.41) is 8.55. The number of aliphatic carboxylic acids is 1. The van der Waals surface area contributed by atoms with E-state index in [0.29, 0.717) is 24.6 Å². The van der Waals surface area contributed by atoms with Gasteiger partial charge in [0.05, 0.1) is 6.61 Å². The van der Waals surface area contributed by atoms with Gasteiger partial charge >= 0.3 is 12.3 Å². The zero-order valence-electron chi connectivity index (χ0n) is 13.0. The van der Waals surface area contributed by atoms with Crippen LogP contribution >= 0.6 is 0 Å². The van der Waals surface area contributed by atoms with Crippen molar-refractivity contribution in [3.8, 4) is 11.5 Å². The van der Waals surface area contributed by atoms with E-state index >= 15 is 0 Å². The number of halogens is 2. The molecule has 1 aromatic carbocycles. The molecule has 6 nitrogen and oxygen atoms in total. The number of fused-ring (bicyclic) bond motifs is 1. The van der Waals surface area contributed by atoms with E-state index in [4.69, 9.17) is 9.84 Å². The highest BCUT2D eigenvalue weighted by Crippen LogP contribution is 2.43. The van der Waals surface area contributed by atoms with Gasteiger partial charge in [0, 0.05) is 12.1 Å². The Hall–Kier alpha value is -1.93. The number of hydrogen-bond acceptors (Lipinski definition) is 5. The maximum atomic E-state index is 13.2. The molecule has 0 bridgehead atoms. The maximum Gasteiger partial charge on any atom is 0.586 e. The van der Waals surface area contributed by atoms with E-state index in [9.17, 15) is 13.6 Å². The summed E-state index contributed by atoms with van der Waals surface area (Å²) in [6.45, 7) is 2.25. The van der Waals surface area contributed by atoms with Gasteiger partial charge < -0.3 is 19.3 Å². The van der Waals surface area contributed by atoms with Crippen LogP contribution in [0, 0.1) is 5.92 Å². The third-order valence-electron chi connectivity index (χ3n) is 4.19. The summed E-state index contributed by atoms with van der Waals surface area (Å²) in [4.78, 5) is 12.6. The van der Waals surface area contributed by atoms with Crippen LogP contribution in [0.15, 0.2) is 18.2 Å². The summed E-state index contributed by atoms with van der Waals surface area (Å²) < 4.78 is 40.6. The lowest BCUT2D eigenvalue weighted by Crippen LogP contribution is -2.35. The number of benzene rings is 1. The molecule has 2 aliphatic heterocycles. The minimum atomic E-state index is -3.60. The summed E-state index contributed by atoms with van der Waals surface area (Å²) in [7, 11) is 0. The van der Waals surface area contributed by atoms with Crippen LogP contribution < -0.4 is 9.47 Å². The molecule has 0 aromatic heterocycles. The van der Waals surface area contributed by atoms with Gasteiger partial charge in [-0.1, -0.05) is 12.1 Å². The zero-order valence-corrected chi connectivity index (χ0v) is 13.0. The minimum absolute atomic E-state index is 0.0643. The van der Waals surface area contributed by atoms with Crippen molar-refractivity contribution in [2.75, 3.05) is 26.3 Å². The third kappa shape index (κ3) is 4.12. The molecule has 3 rings (SSSR count). The average Bonchev–Trinajstić information content (AvgIpc) is 2.84. The fourth-order valence-corrected chi connectivity index (χ4v) is 3.01. The Morgan fingerprint density at radius 3 is 2.79 bits per heavy atom. The van der Waals surface area contributed by atoms with E-state index in [1.807, 2.05) is 0 Å². The smallest absolute Gasteiger partial charge is 0.480 e. The van der Waals surface area contributed by atoms with Gasteiger partial charge in [-0.15, -0.1) is 8.78 Å². The number of carboxylic acid groups (broad SMARTS) is 1. The maximum absolute atomic E-state index is 13.2. The highest BCUT2D eigenvalue weighted by atomic mass is 19.3. The Bertz CT molecular complexity index is 602. The lowest BCUT2D eigenvalue weighted by Gasteiger charge is -2.31. The van der Waals surface area contributed by atoms with Crippen molar-refractivity contribution in [1.82, 2.24) is 4.90 Å². The van der Waals surface area contributed by atoms with Gasteiger partial charge in [-0.2, -0.15) is 0 Å². The van der Waals surface area contributed by atoms with E-state index < -0.39 is 12.3 Å². The fraction of sp³-hybridized carbons (Fsp3) is 0.562. The average molecular weight is 343 g/mol. The molecule has 0 amide bonds. The van der Waals surface area contributed by atoms with Crippen molar-refractivity contribution in [2.45, 2.75) is 25.7 Å². The minimum Gasteiger partial charge on any atom is -0.480 e. The van der Waals surface area contributed by atoms with Crippen molar-refractivity contribution in [1.29, 1.82) is 0 Å². The number of piperidine rings is 1. The van der Waals surface area contributed by atoms with E-state index in [1.165, 1.54) is 6.07 Å². The molecule has 0 saturated carbocycles. The molecule has 1 fully saturated rings. The molecule has 0 spiro atoms. The fourth-order valence-electron chi connectivity index (χ4n) is 3.01. The molecule has 0 unspecified atom stereocenters. The Labute approximate surface area is 137 Å². The Balaban J connectivity index is 1.51. The van der Waals surface area contributed by atoms with E-state index in [2.05, 4.69) is 14.4 Å². The number of nitrogens with zero attached hydrogens (tertiary/aromatic N) is 1. The van der Waals surface area contributed by atoms with Crippen LogP contribution in [-0.2, 0) is 16.1 Å². The number of carboxylic acids is 1. The summed E-state index contributed by atoms with van der Waals surface area (Å²) in [6.07, 6.45) is -1.85. The molecular weight excluding hydrogens is 324 g/mol. The molecule has 0 radical (unpaired) electrons. The molecule has 1 N–H and O–H groups in total. The lowest BCUT2D eigenvalue weighted by molar-refractivity contribution is -0.287. The zero-order chi connectivity index (χ0) is 17.2. The number of para-hydroxylation sites is 1. The largest absolute Gasteiger partial charge is 0.586 e. The molecule has 2 aliphatic rings. The predicted octanol–water partition coefficient (Wildman–Crippen LogP) is 2.32. The number of ether oxygens (including phenoxy) is 3. The number of alkyl halides is 2. The summed E-state index contributed by atoms with van der Waals surface area (Å²) in [5.41, 5.74) is 0.672. The van der Waals surface area contributed by atoms with Crippen LogP contribution in [0.1, 0.15) is 18.4 Å². The SMILES string of the molecule is O=C(O)COCC1CCN(Cc2cccc3c2OC(F)(F)O3)CC1. The Morgan fingerprint density at radius 1 is 1.33 bits per heavy atom. The second-order valence-electron chi connectivity index (χ2n) is 6.04. The topological polar surface area (TPSA) is 68.2 Å². The van der Waals surface area contributed by atoms with Gasteiger partial charge in [-0.25, -0.2) is 4.79 Å². The van der Waals surface area contributed by atoms with E-state index in [1.54, 1.807) is 12.1 Å². The van der Waals surface area contributed by atoms with Crippen LogP contribution in [0.3, 0.4) is 0 Å². The predicted molar refractivity (Wildman–Crippen MR) is 79.1 cm³/mol. The van der Waals surface area contributed by atoms with E-state index in [-0.39, 0.29) is 18.1 Å². The first-order chi connectivity index (χ1) is 11.4.